The highest BCUT2D eigenvalue weighted by Crippen LogP contribution is 2.29. The maximum absolute atomic E-state index is 11.5. The van der Waals surface area contributed by atoms with Gasteiger partial charge in [-0.1, -0.05) is 26.7 Å². The van der Waals surface area contributed by atoms with E-state index in [9.17, 15) is 4.79 Å². The van der Waals surface area contributed by atoms with Crippen molar-refractivity contribution in [2.75, 3.05) is 7.11 Å². The van der Waals surface area contributed by atoms with E-state index < -0.39 is 0 Å². The Morgan fingerprint density at radius 2 is 2.20 bits per heavy atom. The van der Waals surface area contributed by atoms with Gasteiger partial charge in [0.15, 0.2) is 0 Å². The first-order chi connectivity index (χ1) is 9.52. The molecular weight excluding hydrogens is 254 g/mol. The van der Waals surface area contributed by atoms with Crippen molar-refractivity contribution >= 4 is 5.97 Å². The molecule has 3 atom stereocenters. The van der Waals surface area contributed by atoms with Gasteiger partial charge in [-0.3, -0.25) is 0 Å². The van der Waals surface area contributed by atoms with Crippen molar-refractivity contribution in [3.63, 3.8) is 0 Å². The molecule has 1 aromatic heterocycles. The molecule has 1 aromatic rings. The van der Waals surface area contributed by atoms with E-state index >= 15 is 0 Å². The number of rotatable bonds is 4. The third-order valence-electron chi connectivity index (χ3n) is 4.62. The first-order valence-electron chi connectivity index (χ1n) is 7.44. The van der Waals surface area contributed by atoms with Crippen molar-refractivity contribution in [3.05, 3.63) is 23.2 Å². The molecule has 1 aliphatic carbocycles. The summed E-state index contributed by atoms with van der Waals surface area (Å²) in [4.78, 5) is 11.5. The molecule has 112 valence electrons. The minimum Gasteiger partial charge on any atom is -0.465 e. The van der Waals surface area contributed by atoms with E-state index in [0.717, 1.165) is 11.7 Å². The molecule has 3 unspecified atom stereocenters. The molecule has 1 aliphatic rings. The fraction of sp³-hybridized carbons (Fsp3) is 0.688. The summed E-state index contributed by atoms with van der Waals surface area (Å²) in [6.07, 6.45) is 3.83. The average molecular weight is 279 g/mol. The number of carbonyl (C=O) groups excluding carboxylic acids is 1. The lowest BCUT2D eigenvalue weighted by atomic mass is 9.78. The molecule has 0 spiro atoms. The Bertz CT molecular complexity index is 466. The third-order valence-corrected chi connectivity index (χ3v) is 4.62. The van der Waals surface area contributed by atoms with E-state index in [-0.39, 0.29) is 5.97 Å². The first kappa shape index (κ1) is 15.1. The second-order valence-electron chi connectivity index (χ2n) is 5.93. The molecule has 0 aromatic carbocycles. The predicted octanol–water partition coefficient (Wildman–Crippen LogP) is 3.29. The number of ether oxygens (including phenoxy) is 1. The van der Waals surface area contributed by atoms with Crippen molar-refractivity contribution in [2.45, 2.75) is 52.6 Å². The molecule has 0 radical (unpaired) electrons. The van der Waals surface area contributed by atoms with Crippen LogP contribution < -0.4 is 5.32 Å². The van der Waals surface area contributed by atoms with Crippen LogP contribution in [0.15, 0.2) is 10.5 Å². The maximum Gasteiger partial charge on any atom is 0.341 e. The highest BCUT2D eigenvalue weighted by atomic mass is 16.5. The van der Waals surface area contributed by atoms with Gasteiger partial charge in [0.2, 0.25) is 0 Å². The van der Waals surface area contributed by atoms with Crippen LogP contribution in [0.3, 0.4) is 0 Å². The van der Waals surface area contributed by atoms with Gasteiger partial charge in [-0.2, -0.15) is 0 Å². The van der Waals surface area contributed by atoms with Gasteiger partial charge >= 0.3 is 5.97 Å². The Morgan fingerprint density at radius 1 is 1.45 bits per heavy atom. The molecule has 0 aliphatic heterocycles. The summed E-state index contributed by atoms with van der Waals surface area (Å²) in [5.41, 5.74) is 0.523. The number of furan rings is 1. The molecule has 0 bridgehead atoms. The lowest BCUT2D eigenvalue weighted by Crippen LogP contribution is -2.40. The van der Waals surface area contributed by atoms with Crippen molar-refractivity contribution in [1.29, 1.82) is 0 Å². The topological polar surface area (TPSA) is 51.5 Å². The molecular formula is C16H25NO3. The molecule has 20 heavy (non-hydrogen) atoms. The number of aryl methyl sites for hydroxylation is 1. The summed E-state index contributed by atoms with van der Waals surface area (Å²) in [5.74, 6) is 2.54. The summed E-state index contributed by atoms with van der Waals surface area (Å²) >= 11 is 0. The normalized spacial score (nSPS) is 26.5. The van der Waals surface area contributed by atoms with Gasteiger partial charge in [-0.15, -0.1) is 0 Å². The third kappa shape index (κ3) is 3.23. The Labute approximate surface area is 120 Å². The standard InChI is InChI=1S/C16H25NO3/c1-10-6-5-7-15(11(10)2)17-9-13-8-14(12(3)20-13)16(18)19-4/h8,10-11,15,17H,5-7,9H2,1-4H3. The molecule has 4 nitrogen and oxygen atoms in total. The molecule has 0 saturated heterocycles. The van der Waals surface area contributed by atoms with Crippen LogP contribution >= 0.6 is 0 Å². The van der Waals surface area contributed by atoms with Crippen LogP contribution in [-0.4, -0.2) is 19.1 Å². The van der Waals surface area contributed by atoms with E-state index in [1.807, 2.05) is 0 Å². The fourth-order valence-corrected chi connectivity index (χ4v) is 3.05. The number of nitrogens with one attached hydrogen (secondary N) is 1. The van der Waals surface area contributed by atoms with Crippen LogP contribution in [-0.2, 0) is 11.3 Å². The number of methoxy groups -OCH3 is 1. The highest BCUT2D eigenvalue weighted by molar-refractivity contribution is 5.90. The van der Waals surface area contributed by atoms with Crippen LogP contribution in [0.5, 0.6) is 0 Å². The number of hydrogen-bond acceptors (Lipinski definition) is 4. The van der Waals surface area contributed by atoms with Gasteiger partial charge in [-0.25, -0.2) is 4.79 Å². The first-order valence-corrected chi connectivity index (χ1v) is 7.44. The van der Waals surface area contributed by atoms with Gasteiger partial charge < -0.3 is 14.5 Å². The highest BCUT2D eigenvalue weighted by Gasteiger charge is 2.27. The zero-order valence-corrected chi connectivity index (χ0v) is 12.9. The predicted molar refractivity (Wildman–Crippen MR) is 77.6 cm³/mol. The lowest BCUT2D eigenvalue weighted by molar-refractivity contribution is 0.0599. The number of hydrogen-bond donors (Lipinski definition) is 1. The van der Waals surface area contributed by atoms with Crippen LogP contribution in [0.4, 0.5) is 0 Å². The summed E-state index contributed by atoms with van der Waals surface area (Å²) in [6, 6.07) is 2.32. The number of carbonyl (C=O) groups is 1. The van der Waals surface area contributed by atoms with Gasteiger partial charge in [0.05, 0.1) is 13.7 Å². The second kappa shape index (κ2) is 6.44. The lowest BCUT2D eigenvalue weighted by Gasteiger charge is -2.34. The summed E-state index contributed by atoms with van der Waals surface area (Å²) in [6.45, 7) is 7.10. The number of esters is 1. The van der Waals surface area contributed by atoms with Crippen LogP contribution in [0, 0.1) is 18.8 Å². The minimum atomic E-state index is -0.336. The van der Waals surface area contributed by atoms with Gasteiger partial charge in [-0.05, 0) is 31.2 Å². The Hall–Kier alpha value is -1.29. The molecule has 1 fully saturated rings. The van der Waals surface area contributed by atoms with E-state index in [1.165, 1.54) is 26.4 Å². The van der Waals surface area contributed by atoms with Crippen molar-refractivity contribution in [3.8, 4) is 0 Å². The van der Waals surface area contributed by atoms with Crippen molar-refractivity contribution in [1.82, 2.24) is 5.32 Å². The van der Waals surface area contributed by atoms with Crippen molar-refractivity contribution in [2.24, 2.45) is 11.8 Å². The molecule has 0 amide bonds. The van der Waals surface area contributed by atoms with Crippen LogP contribution in [0.25, 0.3) is 0 Å². The zero-order valence-electron chi connectivity index (χ0n) is 12.9. The molecule has 2 rings (SSSR count). The van der Waals surface area contributed by atoms with Gasteiger partial charge in [0.1, 0.15) is 17.1 Å². The molecule has 1 heterocycles. The Balaban J connectivity index is 1.95. The van der Waals surface area contributed by atoms with E-state index in [0.29, 0.717) is 29.8 Å². The quantitative estimate of drug-likeness (QED) is 0.859. The van der Waals surface area contributed by atoms with Crippen LogP contribution in [0.2, 0.25) is 0 Å². The van der Waals surface area contributed by atoms with Crippen LogP contribution in [0.1, 0.15) is 55.0 Å². The summed E-state index contributed by atoms with van der Waals surface area (Å²) in [7, 11) is 1.39. The second-order valence-corrected chi connectivity index (χ2v) is 5.93. The largest absolute Gasteiger partial charge is 0.465 e. The van der Waals surface area contributed by atoms with Gasteiger partial charge in [0, 0.05) is 6.04 Å². The molecule has 4 heteroatoms. The average Bonchev–Trinajstić information content (AvgIpc) is 2.81. The monoisotopic (exact) mass is 279 g/mol. The Kier molecular flexibility index (Phi) is 4.86. The van der Waals surface area contributed by atoms with Gasteiger partial charge in [0.25, 0.3) is 0 Å². The smallest absolute Gasteiger partial charge is 0.341 e. The maximum atomic E-state index is 11.5. The SMILES string of the molecule is COC(=O)c1cc(CNC2CCCC(C)C2C)oc1C. The van der Waals surface area contributed by atoms with Crippen molar-refractivity contribution < 1.29 is 13.9 Å². The van der Waals surface area contributed by atoms with E-state index in [2.05, 4.69) is 19.2 Å². The minimum absolute atomic E-state index is 0.336. The Morgan fingerprint density at radius 3 is 2.90 bits per heavy atom. The molecule has 1 N–H and O–H groups in total. The summed E-state index contributed by atoms with van der Waals surface area (Å²) < 4.78 is 10.4. The fourth-order valence-electron chi connectivity index (χ4n) is 3.05. The van der Waals surface area contributed by atoms with E-state index in [4.69, 9.17) is 9.15 Å². The molecule has 1 saturated carbocycles. The van der Waals surface area contributed by atoms with E-state index in [1.54, 1.807) is 13.0 Å². The summed E-state index contributed by atoms with van der Waals surface area (Å²) in [5, 5.41) is 3.57. The zero-order chi connectivity index (χ0) is 14.7.